The maximum atomic E-state index is 13.2. The van der Waals surface area contributed by atoms with E-state index in [0.717, 1.165) is 22.6 Å². The molecular formula is C23H18ClN3O2S. The van der Waals surface area contributed by atoms with Crippen molar-refractivity contribution in [2.75, 3.05) is 4.90 Å². The van der Waals surface area contributed by atoms with Gasteiger partial charge in [-0.1, -0.05) is 35.9 Å². The van der Waals surface area contributed by atoms with Gasteiger partial charge in [0.05, 0.1) is 5.69 Å². The number of rotatable bonds is 3. The quantitative estimate of drug-likeness (QED) is 0.372. The van der Waals surface area contributed by atoms with Crippen LogP contribution in [0.4, 0.5) is 5.69 Å². The van der Waals surface area contributed by atoms with Gasteiger partial charge in [-0.25, -0.2) is 0 Å². The Morgan fingerprint density at radius 2 is 1.67 bits per heavy atom. The Labute approximate surface area is 184 Å². The summed E-state index contributed by atoms with van der Waals surface area (Å²) >= 11 is 11.4. The van der Waals surface area contributed by atoms with E-state index >= 15 is 0 Å². The molecule has 0 aliphatic carbocycles. The first-order chi connectivity index (χ1) is 14.4. The lowest BCUT2D eigenvalue weighted by Gasteiger charge is -2.28. The summed E-state index contributed by atoms with van der Waals surface area (Å²) in [5.74, 6) is -0.966. The van der Waals surface area contributed by atoms with E-state index in [2.05, 4.69) is 5.32 Å². The zero-order valence-electron chi connectivity index (χ0n) is 16.3. The van der Waals surface area contributed by atoms with Crippen LogP contribution in [0.1, 0.15) is 17.0 Å². The third-order valence-electron chi connectivity index (χ3n) is 4.95. The van der Waals surface area contributed by atoms with Crippen LogP contribution in [0.25, 0.3) is 11.8 Å². The second-order valence-corrected chi connectivity index (χ2v) is 7.76. The van der Waals surface area contributed by atoms with Crippen molar-refractivity contribution in [1.29, 1.82) is 0 Å². The molecule has 0 spiro atoms. The van der Waals surface area contributed by atoms with Crippen LogP contribution in [0.5, 0.6) is 0 Å². The van der Waals surface area contributed by atoms with Gasteiger partial charge in [-0.2, -0.15) is 0 Å². The fourth-order valence-corrected chi connectivity index (χ4v) is 4.04. The normalized spacial score (nSPS) is 15.6. The van der Waals surface area contributed by atoms with Crippen molar-refractivity contribution >= 4 is 52.5 Å². The molecule has 3 aromatic rings. The number of thiocarbonyl (C=S) groups is 1. The summed E-state index contributed by atoms with van der Waals surface area (Å²) in [6.07, 6.45) is 1.61. The number of aryl methyl sites for hydroxylation is 1. The number of aromatic nitrogens is 1. The van der Waals surface area contributed by atoms with Crippen LogP contribution in [0, 0.1) is 13.8 Å². The average molecular weight is 436 g/mol. The number of carbonyl (C=O) groups excluding carboxylic acids is 2. The maximum absolute atomic E-state index is 13.2. The SMILES string of the molecule is Cc1cc(/C=C2\C(=O)NC(=S)N(c3ccccc3)C2=O)c(C)n1-c1cccc(Cl)c1. The molecule has 1 aromatic heterocycles. The average Bonchev–Trinajstić information content (AvgIpc) is 2.99. The fourth-order valence-electron chi connectivity index (χ4n) is 3.57. The first-order valence-corrected chi connectivity index (χ1v) is 10.1. The van der Waals surface area contributed by atoms with E-state index in [1.165, 1.54) is 4.90 Å². The van der Waals surface area contributed by atoms with Crippen LogP contribution < -0.4 is 10.2 Å². The number of benzene rings is 2. The monoisotopic (exact) mass is 435 g/mol. The summed E-state index contributed by atoms with van der Waals surface area (Å²) in [6.45, 7) is 3.90. The molecule has 150 valence electrons. The first kappa shape index (κ1) is 20.1. The molecule has 30 heavy (non-hydrogen) atoms. The topological polar surface area (TPSA) is 54.3 Å². The van der Waals surface area contributed by atoms with Gasteiger partial charge < -0.3 is 4.57 Å². The Hall–Kier alpha value is -3.22. The van der Waals surface area contributed by atoms with Crippen LogP contribution >= 0.6 is 23.8 Å². The van der Waals surface area contributed by atoms with Crippen LogP contribution in [0.2, 0.25) is 5.02 Å². The molecule has 1 saturated heterocycles. The zero-order valence-corrected chi connectivity index (χ0v) is 17.9. The van der Waals surface area contributed by atoms with Gasteiger partial charge in [-0.15, -0.1) is 0 Å². The van der Waals surface area contributed by atoms with E-state index in [0.29, 0.717) is 10.7 Å². The lowest BCUT2D eigenvalue weighted by molar-refractivity contribution is -0.122. The van der Waals surface area contributed by atoms with E-state index in [1.54, 1.807) is 18.2 Å². The molecule has 0 saturated carbocycles. The lowest BCUT2D eigenvalue weighted by Crippen LogP contribution is -2.54. The van der Waals surface area contributed by atoms with E-state index < -0.39 is 11.8 Å². The fraction of sp³-hybridized carbons (Fsp3) is 0.0870. The lowest BCUT2D eigenvalue weighted by atomic mass is 10.1. The number of nitrogens with zero attached hydrogens (tertiary/aromatic N) is 2. The number of hydrogen-bond donors (Lipinski definition) is 1. The molecule has 1 N–H and O–H groups in total. The highest BCUT2D eigenvalue weighted by Gasteiger charge is 2.34. The number of nitrogens with one attached hydrogen (secondary N) is 1. The summed E-state index contributed by atoms with van der Waals surface area (Å²) in [6, 6.07) is 18.5. The van der Waals surface area contributed by atoms with Crippen LogP contribution in [0.3, 0.4) is 0 Å². The van der Waals surface area contributed by atoms with Crippen LogP contribution in [-0.2, 0) is 9.59 Å². The highest BCUT2D eigenvalue weighted by Crippen LogP contribution is 2.26. The molecule has 1 aliphatic rings. The number of anilines is 1. The molecule has 1 fully saturated rings. The number of halogens is 1. The molecule has 0 atom stereocenters. The highest BCUT2D eigenvalue weighted by atomic mass is 35.5. The first-order valence-electron chi connectivity index (χ1n) is 9.28. The Bertz CT molecular complexity index is 1210. The summed E-state index contributed by atoms with van der Waals surface area (Å²) < 4.78 is 2.03. The van der Waals surface area contributed by atoms with Gasteiger partial charge in [-0.05, 0) is 74.1 Å². The van der Waals surface area contributed by atoms with E-state index in [1.807, 2.05) is 66.9 Å². The minimum Gasteiger partial charge on any atom is -0.318 e. The van der Waals surface area contributed by atoms with E-state index in [-0.39, 0.29) is 10.7 Å². The predicted molar refractivity (Wildman–Crippen MR) is 123 cm³/mol. The number of hydrogen-bond acceptors (Lipinski definition) is 3. The molecular weight excluding hydrogens is 418 g/mol. The van der Waals surface area contributed by atoms with Gasteiger partial charge in [0.25, 0.3) is 11.8 Å². The molecule has 0 unspecified atom stereocenters. The van der Waals surface area contributed by atoms with Crippen LogP contribution in [0.15, 0.2) is 66.2 Å². The maximum Gasteiger partial charge on any atom is 0.270 e. The summed E-state index contributed by atoms with van der Waals surface area (Å²) in [4.78, 5) is 27.1. The second kappa shape index (κ2) is 7.89. The minimum atomic E-state index is -0.510. The number of para-hydroxylation sites is 1. The van der Waals surface area contributed by atoms with Crippen molar-refractivity contribution < 1.29 is 9.59 Å². The second-order valence-electron chi connectivity index (χ2n) is 6.94. The smallest absolute Gasteiger partial charge is 0.270 e. The molecule has 0 radical (unpaired) electrons. The van der Waals surface area contributed by atoms with E-state index in [9.17, 15) is 9.59 Å². The van der Waals surface area contributed by atoms with Crippen molar-refractivity contribution in [3.05, 3.63) is 88.2 Å². The van der Waals surface area contributed by atoms with Gasteiger partial charge >= 0.3 is 0 Å². The summed E-state index contributed by atoms with van der Waals surface area (Å²) in [5, 5.41) is 3.31. The Balaban J connectivity index is 1.77. The minimum absolute atomic E-state index is 0.0267. The van der Waals surface area contributed by atoms with E-state index in [4.69, 9.17) is 23.8 Å². The Morgan fingerprint density at radius 1 is 0.967 bits per heavy atom. The van der Waals surface area contributed by atoms with Gasteiger partial charge in [0, 0.05) is 22.1 Å². The van der Waals surface area contributed by atoms with Crippen molar-refractivity contribution in [3.63, 3.8) is 0 Å². The number of carbonyl (C=O) groups is 2. The van der Waals surface area contributed by atoms with Gasteiger partial charge in [0.2, 0.25) is 0 Å². The Morgan fingerprint density at radius 3 is 2.37 bits per heavy atom. The summed E-state index contributed by atoms with van der Waals surface area (Å²) in [5.41, 5.74) is 4.16. The zero-order chi connectivity index (χ0) is 21.4. The van der Waals surface area contributed by atoms with Crippen molar-refractivity contribution in [1.82, 2.24) is 9.88 Å². The molecule has 2 amide bonds. The van der Waals surface area contributed by atoms with Gasteiger partial charge in [0.1, 0.15) is 5.57 Å². The molecule has 5 nitrogen and oxygen atoms in total. The van der Waals surface area contributed by atoms with Gasteiger partial charge in [0.15, 0.2) is 5.11 Å². The molecule has 1 aliphatic heterocycles. The molecule has 7 heteroatoms. The molecule has 4 rings (SSSR count). The molecule has 2 aromatic carbocycles. The summed E-state index contributed by atoms with van der Waals surface area (Å²) in [7, 11) is 0. The predicted octanol–water partition coefficient (Wildman–Crippen LogP) is 4.58. The van der Waals surface area contributed by atoms with Crippen LogP contribution in [-0.4, -0.2) is 21.5 Å². The third kappa shape index (κ3) is 3.56. The third-order valence-corrected chi connectivity index (χ3v) is 5.47. The Kier molecular flexibility index (Phi) is 5.28. The number of amides is 2. The largest absolute Gasteiger partial charge is 0.318 e. The molecule has 0 bridgehead atoms. The molecule has 2 heterocycles. The van der Waals surface area contributed by atoms with Crippen molar-refractivity contribution in [3.8, 4) is 5.69 Å². The van der Waals surface area contributed by atoms with Crippen molar-refractivity contribution in [2.24, 2.45) is 0 Å². The highest BCUT2D eigenvalue weighted by molar-refractivity contribution is 7.80. The van der Waals surface area contributed by atoms with Gasteiger partial charge in [-0.3, -0.25) is 19.8 Å². The van der Waals surface area contributed by atoms with Crippen molar-refractivity contribution in [2.45, 2.75) is 13.8 Å². The standard InChI is InChI=1S/C23H18ClN3O2S/c1-14-11-16(15(2)26(14)19-10-6-7-17(24)13-19)12-20-21(28)25-23(30)27(22(20)29)18-8-4-3-5-9-18/h3-13H,1-2H3,(H,25,28,30)/b20-12+.